The zero-order valence-electron chi connectivity index (χ0n) is 13.6. The predicted molar refractivity (Wildman–Crippen MR) is 88.2 cm³/mol. The number of carbonyl (C=O) groups is 2. The second-order valence-electron chi connectivity index (χ2n) is 6.54. The monoisotopic (exact) mass is 354 g/mol. The Morgan fingerprint density at radius 3 is 2.75 bits per heavy atom. The highest BCUT2D eigenvalue weighted by Gasteiger charge is 2.32. The molecule has 2 N–H and O–H groups in total. The van der Waals surface area contributed by atoms with E-state index in [2.05, 4.69) is 15.5 Å². The molecule has 2 amide bonds. The minimum absolute atomic E-state index is 0.165. The number of hydrogen-bond donors (Lipinski definition) is 2. The van der Waals surface area contributed by atoms with Gasteiger partial charge in [-0.25, -0.2) is 4.79 Å². The lowest BCUT2D eigenvalue weighted by molar-refractivity contribution is -0.143. The third-order valence-electron chi connectivity index (χ3n) is 4.52. The summed E-state index contributed by atoms with van der Waals surface area (Å²) in [4.78, 5) is 25.2. The maximum atomic E-state index is 12.4. The highest BCUT2D eigenvalue weighted by Crippen LogP contribution is 2.31. The Kier molecular flexibility index (Phi) is 5.30. The lowest BCUT2D eigenvalue weighted by Gasteiger charge is -2.34. The van der Waals surface area contributed by atoms with E-state index in [0.717, 1.165) is 31.1 Å². The average molecular weight is 354 g/mol. The molecule has 2 saturated heterocycles. The molecule has 3 rings (SSSR count). The third kappa shape index (κ3) is 4.02. The fraction of sp³-hybridized carbons (Fsp3) is 0.733. The molecule has 9 heteroatoms. The molecule has 0 spiro atoms. The molecule has 2 aliphatic heterocycles. The van der Waals surface area contributed by atoms with Crippen LogP contribution in [-0.4, -0.2) is 58.5 Å². The summed E-state index contributed by atoms with van der Waals surface area (Å²) in [6, 6.07) is -0.303. The first kappa shape index (κ1) is 17.1. The first-order chi connectivity index (χ1) is 11.5. The number of urea groups is 1. The van der Waals surface area contributed by atoms with Crippen molar-refractivity contribution in [2.24, 2.45) is 11.8 Å². The van der Waals surface area contributed by atoms with Gasteiger partial charge in [0.25, 0.3) is 0 Å². The molecule has 2 atom stereocenters. The summed E-state index contributed by atoms with van der Waals surface area (Å²) in [6.45, 7) is 4.21. The van der Waals surface area contributed by atoms with E-state index in [0.29, 0.717) is 24.0 Å². The van der Waals surface area contributed by atoms with Crippen molar-refractivity contribution in [1.29, 1.82) is 0 Å². The number of piperidine rings is 1. The number of ether oxygens (including phenoxy) is 1. The largest absolute Gasteiger partial charge is 0.481 e. The topological polar surface area (TPSA) is 105 Å². The van der Waals surface area contributed by atoms with Crippen molar-refractivity contribution in [3.05, 3.63) is 5.01 Å². The van der Waals surface area contributed by atoms with Gasteiger partial charge in [-0.05, 0) is 25.2 Å². The molecule has 3 heterocycles. The Morgan fingerprint density at radius 1 is 1.29 bits per heavy atom. The number of amides is 2. The summed E-state index contributed by atoms with van der Waals surface area (Å²) in [5.41, 5.74) is 0. The van der Waals surface area contributed by atoms with Gasteiger partial charge in [-0.15, -0.1) is 10.2 Å². The molecule has 0 saturated carbocycles. The molecule has 1 aromatic rings. The number of nitrogens with zero attached hydrogens (tertiary/aromatic N) is 3. The third-order valence-corrected chi connectivity index (χ3v) is 5.52. The van der Waals surface area contributed by atoms with Crippen LogP contribution in [0.2, 0.25) is 0 Å². The van der Waals surface area contributed by atoms with Crippen molar-refractivity contribution >= 4 is 28.5 Å². The number of hydrogen-bond acceptors (Lipinski definition) is 6. The normalized spacial score (nSPS) is 25.5. The average Bonchev–Trinajstić information content (AvgIpc) is 3.03. The lowest BCUT2D eigenvalue weighted by atomic mass is 9.91. The van der Waals surface area contributed by atoms with Crippen molar-refractivity contribution in [1.82, 2.24) is 15.1 Å². The van der Waals surface area contributed by atoms with Gasteiger partial charge in [-0.3, -0.25) is 10.1 Å². The highest BCUT2D eigenvalue weighted by molar-refractivity contribution is 7.15. The van der Waals surface area contributed by atoms with E-state index in [9.17, 15) is 14.7 Å². The Balaban J connectivity index is 1.60. The molecular formula is C15H22N4O4S. The van der Waals surface area contributed by atoms with Gasteiger partial charge in [-0.1, -0.05) is 18.3 Å². The number of anilines is 1. The molecule has 2 aliphatic rings. The van der Waals surface area contributed by atoms with Crippen molar-refractivity contribution in [2.75, 3.05) is 31.6 Å². The van der Waals surface area contributed by atoms with Gasteiger partial charge in [0.15, 0.2) is 0 Å². The Labute approximate surface area is 144 Å². The van der Waals surface area contributed by atoms with Crippen LogP contribution in [0.25, 0.3) is 0 Å². The van der Waals surface area contributed by atoms with E-state index in [1.54, 1.807) is 4.90 Å². The summed E-state index contributed by atoms with van der Waals surface area (Å²) in [7, 11) is 0. The second-order valence-corrected chi connectivity index (χ2v) is 7.55. The van der Waals surface area contributed by atoms with E-state index < -0.39 is 11.9 Å². The molecule has 1 aromatic heterocycles. The zero-order valence-corrected chi connectivity index (χ0v) is 14.4. The number of aromatic nitrogens is 2. The van der Waals surface area contributed by atoms with E-state index in [-0.39, 0.29) is 18.5 Å². The first-order valence-corrected chi connectivity index (χ1v) is 9.04. The van der Waals surface area contributed by atoms with Gasteiger partial charge < -0.3 is 14.7 Å². The maximum Gasteiger partial charge on any atom is 0.323 e. The molecule has 2 unspecified atom stereocenters. The Morgan fingerprint density at radius 2 is 2.04 bits per heavy atom. The maximum absolute atomic E-state index is 12.4. The first-order valence-electron chi connectivity index (χ1n) is 8.22. The van der Waals surface area contributed by atoms with Gasteiger partial charge in [-0.2, -0.15) is 0 Å². The number of aliphatic carboxylic acids is 1. The number of nitrogens with one attached hydrogen (secondary N) is 1. The van der Waals surface area contributed by atoms with Crippen molar-refractivity contribution in [3.8, 4) is 0 Å². The summed E-state index contributed by atoms with van der Waals surface area (Å²) in [6.07, 6.45) is 2.45. The van der Waals surface area contributed by atoms with E-state index in [1.165, 1.54) is 11.3 Å². The predicted octanol–water partition coefficient (Wildman–Crippen LogP) is 2.01. The van der Waals surface area contributed by atoms with Gasteiger partial charge in [0.1, 0.15) is 5.01 Å². The van der Waals surface area contributed by atoms with E-state index in [1.807, 2.05) is 6.92 Å². The standard InChI is InChI=1S/C15H22N4O4S/c1-9-6-11(13(20)21)8-19(7-9)15(22)16-14-18-17-12(24-14)10-2-4-23-5-3-10/h9-11H,2-8H2,1H3,(H,20,21)(H,16,18,22). The van der Waals surface area contributed by atoms with Crippen LogP contribution in [0.4, 0.5) is 9.93 Å². The van der Waals surface area contributed by atoms with Crippen molar-refractivity contribution in [3.63, 3.8) is 0 Å². The number of carboxylic acids is 1. The molecule has 0 radical (unpaired) electrons. The van der Waals surface area contributed by atoms with Crippen molar-refractivity contribution < 1.29 is 19.4 Å². The van der Waals surface area contributed by atoms with Crippen LogP contribution in [0.3, 0.4) is 0 Å². The van der Waals surface area contributed by atoms with E-state index in [4.69, 9.17) is 4.74 Å². The minimum atomic E-state index is -0.850. The number of likely N-dealkylation sites (tertiary alicyclic amines) is 1. The van der Waals surface area contributed by atoms with Crippen LogP contribution in [-0.2, 0) is 9.53 Å². The van der Waals surface area contributed by atoms with Crippen LogP contribution >= 0.6 is 11.3 Å². The molecule has 0 bridgehead atoms. The summed E-state index contributed by atoms with van der Waals surface area (Å²) >= 11 is 1.39. The van der Waals surface area contributed by atoms with Crippen molar-refractivity contribution in [2.45, 2.75) is 32.1 Å². The van der Waals surface area contributed by atoms with E-state index >= 15 is 0 Å². The minimum Gasteiger partial charge on any atom is -0.481 e. The summed E-state index contributed by atoms with van der Waals surface area (Å²) < 4.78 is 5.34. The molecule has 24 heavy (non-hydrogen) atoms. The second kappa shape index (κ2) is 7.43. The smallest absolute Gasteiger partial charge is 0.323 e. The van der Waals surface area contributed by atoms with Gasteiger partial charge in [0.05, 0.1) is 5.92 Å². The molecule has 132 valence electrons. The van der Waals surface area contributed by atoms with Gasteiger partial charge >= 0.3 is 12.0 Å². The molecule has 8 nitrogen and oxygen atoms in total. The van der Waals surface area contributed by atoms with Gasteiger partial charge in [0, 0.05) is 32.2 Å². The van der Waals surface area contributed by atoms with Crippen LogP contribution in [0, 0.1) is 11.8 Å². The molecule has 2 fully saturated rings. The van der Waals surface area contributed by atoms with Crippen LogP contribution in [0.15, 0.2) is 0 Å². The molecular weight excluding hydrogens is 332 g/mol. The number of rotatable bonds is 3. The lowest BCUT2D eigenvalue weighted by Crippen LogP contribution is -2.47. The van der Waals surface area contributed by atoms with Crippen LogP contribution < -0.4 is 5.32 Å². The zero-order chi connectivity index (χ0) is 17.1. The summed E-state index contributed by atoms with van der Waals surface area (Å²) in [5.74, 6) is -0.852. The fourth-order valence-electron chi connectivity index (χ4n) is 3.26. The summed E-state index contributed by atoms with van der Waals surface area (Å²) in [5, 5.41) is 21.6. The Bertz CT molecular complexity index is 602. The fourth-order valence-corrected chi connectivity index (χ4v) is 4.16. The van der Waals surface area contributed by atoms with Crippen LogP contribution in [0.5, 0.6) is 0 Å². The SMILES string of the molecule is CC1CC(C(=O)O)CN(C(=O)Nc2nnc(C3CCOCC3)s2)C1. The molecule has 0 aromatic carbocycles. The van der Waals surface area contributed by atoms with Gasteiger partial charge in [0.2, 0.25) is 5.13 Å². The number of carboxylic acid groups (broad SMARTS) is 1. The Hall–Kier alpha value is -1.74. The van der Waals surface area contributed by atoms with Crippen LogP contribution in [0.1, 0.15) is 37.1 Å². The quantitative estimate of drug-likeness (QED) is 0.860. The molecule has 0 aliphatic carbocycles. The highest BCUT2D eigenvalue weighted by atomic mass is 32.1. The number of carbonyl (C=O) groups excluding carboxylic acids is 1.